The first-order chi connectivity index (χ1) is 9.45. The summed E-state index contributed by atoms with van der Waals surface area (Å²) in [4.78, 5) is 0. The molecule has 1 N–H and O–H groups in total. The highest BCUT2D eigenvalue weighted by atomic mass is 35.5. The molecule has 0 aliphatic heterocycles. The summed E-state index contributed by atoms with van der Waals surface area (Å²) < 4.78 is 13.8. The van der Waals surface area contributed by atoms with Crippen molar-refractivity contribution in [3.63, 3.8) is 0 Å². The molecule has 0 heterocycles. The molecule has 0 saturated heterocycles. The van der Waals surface area contributed by atoms with Gasteiger partial charge in [0.25, 0.3) is 0 Å². The van der Waals surface area contributed by atoms with Gasteiger partial charge in [0.05, 0.1) is 6.04 Å². The summed E-state index contributed by atoms with van der Waals surface area (Å²) in [6.07, 6.45) is 0. The van der Waals surface area contributed by atoms with Gasteiger partial charge in [-0.3, -0.25) is 0 Å². The van der Waals surface area contributed by atoms with Gasteiger partial charge in [-0.25, -0.2) is 4.39 Å². The molecule has 2 aromatic rings. The minimum atomic E-state index is -0.172. The average molecular weight is 312 g/mol. The van der Waals surface area contributed by atoms with Crippen LogP contribution in [0.3, 0.4) is 0 Å². The third-order valence-electron chi connectivity index (χ3n) is 3.37. The fourth-order valence-electron chi connectivity index (χ4n) is 2.41. The van der Waals surface area contributed by atoms with Crippen molar-refractivity contribution in [1.82, 2.24) is 5.32 Å². The molecular weight excluding hydrogens is 296 g/mol. The molecule has 0 spiro atoms. The number of hydrogen-bond donors (Lipinski definition) is 1. The maximum atomic E-state index is 13.8. The Morgan fingerprint density at radius 3 is 2.00 bits per heavy atom. The minimum absolute atomic E-state index is 0.172. The molecule has 4 heteroatoms. The van der Waals surface area contributed by atoms with Crippen molar-refractivity contribution in [2.45, 2.75) is 19.9 Å². The Hall–Kier alpha value is -1.09. The van der Waals surface area contributed by atoms with Gasteiger partial charge >= 0.3 is 0 Å². The predicted octanol–water partition coefficient (Wildman–Crippen LogP) is 5.06. The Morgan fingerprint density at radius 2 is 1.55 bits per heavy atom. The molecule has 2 rings (SSSR count). The van der Waals surface area contributed by atoms with E-state index in [1.54, 1.807) is 26.0 Å². The molecule has 0 aromatic heterocycles. The Kier molecular flexibility index (Phi) is 4.69. The summed E-state index contributed by atoms with van der Waals surface area (Å²) in [5, 5.41) is 4.39. The van der Waals surface area contributed by atoms with Gasteiger partial charge in [0.1, 0.15) is 5.82 Å². The summed E-state index contributed by atoms with van der Waals surface area (Å²) >= 11 is 12.5. The van der Waals surface area contributed by atoms with Crippen LogP contribution in [0.15, 0.2) is 30.3 Å². The van der Waals surface area contributed by atoms with Crippen molar-refractivity contribution >= 4 is 23.2 Å². The van der Waals surface area contributed by atoms with E-state index in [0.717, 1.165) is 11.1 Å². The van der Waals surface area contributed by atoms with Crippen molar-refractivity contribution in [2.24, 2.45) is 0 Å². The fourth-order valence-corrected chi connectivity index (χ4v) is 3.03. The van der Waals surface area contributed by atoms with E-state index in [9.17, 15) is 4.39 Å². The van der Waals surface area contributed by atoms with Crippen LogP contribution in [-0.2, 0) is 0 Å². The summed E-state index contributed by atoms with van der Waals surface area (Å²) in [5.74, 6) is -0.172. The number of rotatable bonds is 3. The molecular formula is C16H16Cl2FN. The number of hydrogen-bond acceptors (Lipinski definition) is 1. The number of nitrogens with one attached hydrogen (secondary N) is 1. The molecule has 106 valence electrons. The van der Waals surface area contributed by atoms with E-state index in [0.29, 0.717) is 21.2 Å². The van der Waals surface area contributed by atoms with Crippen molar-refractivity contribution in [3.8, 4) is 0 Å². The Bertz CT molecular complexity index is 597. The maximum absolute atomic E-state index is 13.8. The fraction of sp³-hybridized carbons (Fsp3) is 0.250. The molecule has 1 nitrogen and oxygen atoms in total. The van der Waals surface area contributed by atoms with Gasteiger partial charge in [-0.2, -0.15) is 0 Å². The van der Waals surface area contributed by atoms with Crippen LogP contribution in [0.4, 0.5) is 4.39 Å². The second-order valence-corrected chi connectivity index (χ2v) is 5.64. The van der Waals surface area contributed by atoms with Crippen molar-refractivity contribution in [3.05, 3.63) is 68.4 Å². The number of halogens is 3. The monoisotopic (exact) mass is 311 g/mol. The average Bonchev–Trinajstić information content (AvgIpc) is 2.40. The molecule has 0 amide bonds. The third-order valence-corrected chi connectivity index (χ3v) is 4.03. The lowest BCUT2D eigenvalue weighted by Gasteiger charge is -2.21. The van der Waals surface area contributed by atoms with Crippen LogP contribution in [0.2, 0.25) is 10.0 Å². The largest absolute Gasteiger partial charge is 0.309 e. The van der Waals surface area contributed by atoms with Crippen LogP contribution in [0, 0.1) is 19.7 Å². The molecule has 20 heavy (non-hydrogen) atoms. The van der Waals surface area contributed by atoms with E-state index in [2.05, 4.69) is 5.32 Å². The van der Waals surface area contributed by atoms with Crippen LogP contribution in [0.25, 0.3) is 0 Å². The smallest absolute Gasteiger partial charge is 0.129 e. The van der Waals surface area contributed by atoms with Gasteiger partial charge in [-0.15, -0.1) is 0 Å². The zero-order chi connectivity index (χ0) is 14.9. The quantitative estimate of drug-likeness (QED) is 0.835. The lowest BCUT2D eigenvalue weighted by molar-refractivity contribution is 0.604. The van der Waals surface area contributed by atoms with Crippen LogP contribution >= 0.6 is 23.2 Å². The maximum Gasteiger partial charge on any atom is 0.129 e. The molecule has 0 saturated carbocycles. The highest BCUT2D eigenvalue weighted by molar-refractivity contribution is 6.36. The summed E-state index contributed by atoms with van der Waals surface area (Å²) in [7, 11) is 1.83. The summed E-state index contributed by atoms with van der Waals surface area (Å²) in [6.45, 7) is 3.51. The highest BCUT2D eigenvalue weighted by Gasteiger charge is 2.19. The highest BCUT2D eigenvalue weighted by Crippen LogP contribution is 2.34. The standard InChI is InChI=1S/C16H16Cl2FN/c1-9-7-11(8-10(2)15(9)19)16(20-3)14-12(17)5-4-6-13(14)18/h4-8,16,20H,1-3H3. The van der Waals surface area contributed by atoms with Crippen molar-refractivity contribution in [2.75, 3.05) is 7.05 Å². The van der Waals surface area contributed by atoms with Gasteiger partial charge in [0.15, 0.2) is 0 Å². The van der Waals surface area contributed by atoms with E-state index in [1.807, 2.05) is 25.2 Å². The van der Waals surface area contributed by atoms with Gasteiger partial charge in [-0.05, 0) is 49.7 Å². The van der Waals surface area contributed by atoms with E-state index < -0.39 is 0 Å². The second kappa shape index (κ2) is 6.13. The minimum Gasteiger partial charge on any atom is -0.309 e. The molecule has 0 aliphatic rings. The van der Waals surface area contributed by atoms with E-state index >= 15 is 0 Å². The Balaban J connectivity index is 2.59. The van der Waals surface area contributed by atoms with Gasteiger partial charge in [0, 0.05) is 15.6 Å². The zero-order valence-electron chi connectivity index (χ0n) is 11.6. The first-order valence-corrected chi connectivity index (χ1v) is 7.09. The molecule has 0 bridgehead atoms. The van der Waals surface area contributed by atoms with Gasteiger partial charge in [0.2, 0.25) is 0 Å². The summed E-state index contributed by atoms with van der Waals surface area (Å²) in [6, 6.07) is 8.88. The molecule has 1 atom stereocenters. The molecule has 2 aromatic carbocycles. The Morgan fingerprint density at radius 1 is 1.05 bits per heavy atom. The molecule has 1 unspecified atom stereocenters. The lowest BCUT2D eigenvalue weighted by atomic mass is 9.95. The second-order valence-electron chi connectivity index (χ2n) is 4.83. The first kappa shape index (κ1) is 15.3. The molecule has 0 radical (unpaired) electrons. The van der Waals surface area contributed by atoms with Crippen molar-refractivity contribution in [1.29, 1.82) is 0 Å². The predicted molar refractivity (Wildman–Crippen MR) is 83.2 cm³/mol. The first-order valence-electron chi connectivity index (χ1n) is 6.33. The van der Waals surface area contributed by atoms with Crippen LogP contribution in [0.1, 0.15) is 28.3 Å². The van der Waals surface area contributed by atoms with Gasteiger partial charge < -0.3 is 5.32 Å². The lowest BCUT2D eigenvalue weighted by Crippen LogP contribution is -2.19. The number of benzene rings is 2. The van der Waals surface area contributed by atoms with Crippen LogP contribution < -0.4 is 5.32 Å². The van der Waals surface area contributed by atoms with Gasteiger partial charge in [-0.1, -0.05) is 41.4 Å². The van der Waals surface area contributed by atoms with E-state index in [1.165, 1.54) is 0 Å². The van der Waals surface area contributed by atoms with Crippen LogP contribution in [0.5, 0.6) is 0 Å². The molecule has 0 fully saturated rings. The SMILES string of the molecule is CNC(c1cc(C)c(F)c(C)c1)c1c(Cl)cccc1Cl. The normalized spacial score (nSPS) is 12.5. The molecule has 0 aliphatic carbocycles. The van der Waals surface area contributed by atoms with E-state index in [-0.39, 0.29) is 11.9 Å². The van der Waals surface area contributed by atoms with E-state index in [4.69, 9.17) is 23.2 Å². The third kappa shape index (κ3) is 2.83. The number of aryl methyl sites for hydroxylation is 2. The Labute approximate surface area is 128 Å². The summed E-state index contributed by atoms with van der Waals surface area (Å²) in [5.41, 5.74) is 2.98. The zero-order valence-corrected chi connectivity index (χ0v) is 13.1. The topological polar surface area (TPSA) is 12.0 Å². The van der Waals surface area contributed by atoms with Crippen LogP contribution in [-0.4, -0.2) is 7.05 Å². The van der Waals surface area contributed by atoms with Crippen molar-refractivity contribution < 1.29 is 4.39 Å².